The van der Waals surface area contributed by atoms with Gasteiger partial charge in [-0.15, -0.1) is 22.7 Å². The molecule has 0 aliphatic carbocycles. The van der Waals surface area contributed by atoms with E-state index in [1.807, 2.05) is 12.1 Å². The summed E-state index contributed by atoms with van der Waals surface area (Å²) in [6.07, 6.45) is 1.68. The number of thiazole rings is 1. The van der Waals surface area contributed by atoms with Crippen LogP contribution in [0, 0.1) is 11.6 Å². The van der Waals surface area contributed by atoms with E-state index in [0.29, 0.717) is 23.7 Å². The van der Waals surface area contributed by atoms with Gasteiger partial charge in [0, 0.05) is 16.8 Å². The maximum absolute atomic E-state index is 13.9. The summed E-state index contributed by atoms with van der Waals surface area (Å²) in [5.41, 5.74) is 0.530. The van der Waals surface area contributed by atoms with Gasteiger partial charge in [0.1, 0.15) is 16.6 Å². The van der Waals surface area contributed by atoms with Crippen molar-refractivity contribution >= 4 is 32.7 Å². The molecule has 0 radical (unpaired) electrons. The Morgan fingerprint density at radius 2 is 1.88 bits per heavy atom. The summed E-state index contributed by atoms with van der Waals surface area (Å²) < 4.78 is 52.3. The molecule has 0 unspecified atom stereocenters. The molecule has 1 aromatic carbocycles. The van der Waals surface area contributed by atoms with E-state index in [4.69, 9.17) is 0 Å². The van der Waals surface area contributed by atoms with Gasteiger partial charge in [-0.3, -0.25) is 0 Å². The smallest absolute Gasteiger partial charge is 0.208 e. The molecule has 25 heavy (non-hydrogen) atoms. The molecule has 0 aliphatic heterocycles. The SMILES string of the molecule is CS(=O)(=O)NCCc1ccc(-c2csc(-c3c(F)cccc3F)n2)s1. The van der Waals surface area contributed by atoms with Gasteiger partial charge in [0.25, 0.3) is 0 Å². The molecule has 0 saturated carbocycles. The summed E-state index contributed by atoms with van der Waals surface area (Å²) in [5.74, 6) is -1.28. The van der Waals surface area contributed by atoms with E-state index in [-0.39, 0.29) is 5.56 Å². The van der Waals surface area contributed by atoms with Gasteiger partial charge in [-0.05, 0) is 30.7 Å². The van der Waals surface area contributed by atoms with Crippen molar-refractivity contribution in [1.29, 1.82) is 0 Å². The van der Waals surface area contributed by atoms with Gasteiger partial charge in [-0.25, -0.2) is 26.9 Å². The van der Waals surface area contributed by atoms with Crippen molar-refractivity contribution in [3.8, 4) is 21.1 Å². The number of hydrogen-bond acceptors (Lipinski definition) is 5. The summed E-state index contributed by atoms with van der Waals surface area (Å²) in [6, 6.07) is 7.50. The van der Waals surface area contributed by atoms with E-state index in [1.165, 1.54) is 40.9 Å². The van der Waals surface area contributed by atoms with Gasteiger partial charge in [-0.2, -0.15) is 0 Å². The largest absolute Gasteiger partial charge is 0.235 e. The van der Waals surface area contributed by atoms with Crippen molar-refractivity contribution in [2.75, 3.05) is 12.8 Å². The molecule has 3 aromatic rings. The van der Waals surface area contributed by atoms with Gasteiger partial charge in [0.2, 0.25) is 10.0 Å². The highest BCUT2D eigenvalue weighted by atomic mass is 32.2. The number of rotatable bonds is 6. The molecule has 1 N–H and O–H groups in total. The first-order chi connectivity index (χ1) is 11.8. The average Bonchev–Trinajstić information content (AvgIpc) is 3.15. The van der Waals surface area contributed by atoms with Crippen LogP contribution in [0.3, 0.4) is 0 Å². The summed E-state index contributed by atoms with van der Waals surface area (Å²) in [5, 5.41) is 2.05. The van der Waals surface area contributed by atoms with Gasteiger partial charge >= 0.3 is 0 Å². The van der Waals surface area contributed by atoms with Crippen molar-refractivity contribution in [3.63, 3.8) is 0 Å². The predicted octanol–water partition coefficient (Wildman–Crippen LogP) is 3.91. The Balaban J connectivity index is 1.77. The molecule has 4 nitrogen and oxygen atoms in total. The van der Waals surface area contributed by atoms with E-state index >= 15 is 0 Å². The Hall–Kier alpha value is -1.68. The molecule has 0 spiro atoms. The van der Waals surface area contributed by atoms with E-state index < -0.39 is 21.7 Å². The zero-order valence-corrected chi connectivity index (χ0v) is 15.6. The number of nitrogens with zero attached hydrogens (tertiary/aromatic N) is 1. The third kappa shape index (κ3) is 4.49. The standard InChI is InChI=1S/C16H14F2N2O2S3/c1-25(21,22)19-8-7-10-5-6-14(24-10)13-9-23-16(20-13)15-11(17)3-2-4-12(15)18/h2-6,9,19H,7-8H2,1H3. The maximum Gasteiger partial charge on any atom is 0.208 e. The molecule has 0 fully saturated rings. The Kier molecular flexibility index (Phi) is 5.28. The first-order valence-electron chi connectivity index (χ1n) is 7.27. The fraction of sp³-hybridized carbons (Fsp3) is 0.188. The molecule has 0 bridgehead atoms. The van der Waals surface area contributed by atoms with Crippen molar-refractivity contribution < 1.29 is 17.2 Å². The van der Waals surface area contributed by atoms with Gasteiger partial charge in [-0.1, -0.05) is 6.07 Å². The van der Waals surface area contributed by atoms with Gasteiger partial charge < -0.3 is 0 Å². The molecule has 0 saturated heterocycles. The third-order valence-electron chi connectivity index (χ3n) is 3.33. The number of sulfonamides is 1. The normalized spacial score (nSPS) is 11.8. The molecular formula is C16H14F2N2O2S3. The lowest BCUT2D eigenvalue weighted by Gasteiger charge is -2.00. The molecule has 0 amide bonds. The minimum absolute atomic E-state index is 0.118. The summed E-state index contributed by atoms with van der Waals surface area (Å²) in [6.45, 7) is 0.321. The van der Waals surface area contributed by atoms with Gasteiger partial charge in [0.15, 0.2) is 0 Å². The molecule has 0 aliphatic rings. The van der Waals surface area contributed by atoms with Crippen LogP contribution in [-0.2, 0) is 16.4 Å². The minimum atomic E-state index is -3.20. The van der Waals surface area contributed by atoms with Crippen LogP contribution in [0.25, 0.3) is 21.1 Å². The van der Waals surface area contributed by atoms with Crippen LogP contribution in [0.4, 0.5) is 8.78 Å². The fourth-order valence-corrected chi connectivity index (χ4v) is 4.60. The Labute approximate surface area is 152 Å². The van der Waals surface area contributed by atoms with E-state index in [1.54, 1.807) is 5.38 Å². The fourth-order valence-electron chi connectivity index (χ4n) is 2.21. The second-order valence-electron chi connectivity index (χ2n) is 5.32. The molecular weight excluding hydrogens is 386 g/mol. The lowest BCUT2D eigenvalue weighted by molar-refractivity contribution is 0.587. The van der Waals surface area contributed by atoms with Crippen molar-refractivity contribution in [2.45, 2.75) is 6.42 Å². The molecule has 132 valence electrons. The van der Waals surface area contributed by atoms with Crippen LogP contribution < -0.4 is 4.72 Å². The summed E-state index contributed by atoms with van der Waals surface area (Å²) in [7, 11) is -3.20. The number of benzene rings is 1. The van der Waals surface area contributed by atoms with Crippen LogP contribution in [0.2, 0.25) is 0 Å². The monoisotopic (exact) mass is 400 g/mol. The molecule has 3 rings (SSSR count). The first kappa shape index (κ1) is 18.1. The highest BCUT2D eigenvalue weighted by Crippen LogP contribution is 2.34. The zero-order chi connectivity index (χ0) is 18.0. The van der Waals surface area contributed by atoms with Crippen LogP contribution in [0.15, 0.2) is 35.7 Å². The number of thiophene rings is 1. The highest BCUT2D eigenvalue weighted by molar-refractivity contribution is 7.88. The predicted molar refractivity (Wildman–Crippen MR) is 97.3 cm³/mol. The molecule has 2 heterocycles. The quantitative estimate of drug-likeness (QED) is 0.683. The summed E-state index contributed by atoms with van der Waals surface area (Å²) >= 11 is 2.66. The second-order valence-corrected chi connectivity index (χ2v) is 9.18. The first-order valence-corrected chi connectivity index (χ1v) is 10.9. The van der Waals surface area contributed by atoms with Gasteiger partial charge in [0.05, 0.1) is 22.4 Å². The van der Waals surface area contributed by atoms with Crippen LogP contribution >= 0.6 is 22.7 Å². The van der Waals surface area contributed by atoms with Crippen LogP contribution in [-0.4, -0.2) is 26.2 Å². The third-order valence-corrected chi connectivity index (χ3v) is 6.09. The number of halogens is 2. The van der Waals surface area contributed by atoms with E-state index in [2.05, 4.69) is 9.71 Å². The topological polar surface area (TPSA) is 59.1 Å². The van der Waals surface area contributed by atoms with Crippen LogP contribution in [0.1, 0.15) is 4.88 Å². The van der Waals surface area contributed by atoms with Crippen molar-refractivity contribution in [1.82, 2.24) is 9.71 Å². The average molecular weight is 400 g/mol. The Morgan fingerprint density at radius 1 is 1.16 bits per heavy atom. The number of aromatic nitrogens is 1. The molecule has 0 atom stereocenters. The Bertz CT molecular complexity index is 976. The van der Waals surface area contributed by atoms with E-state index in [0.717, 1.165) is 16.0 Å². The number of nitrogens with one attached hydrogen (secondary N) is 1. The molecule has 9 heteroatoms. The second kappa shape index (κ2) is 7.28. The highest BCUT2D eigenvalue weighted by Gasteiger charge is 2.16. The van der Waals surface area contributed by atoms with E-state index in [9.17, 15) is 17.2 Å². The zero-order valence-electron chi connectivity index (χ0n) is 13.1. The number of hydrogen-bond donors (Lipinski definition) is 1. The van der Waals surface area contributed by atoms with Crippen LogP contribution in [0.5, 0.6) is 0 Å². The lowest BCUT2D eigenvalue weighted by Crippen LogP contribution is -2.23. The lowest BCUT2D eigenvalue weighted by atomic mass is 10.2. The molecule has 2 aromatic heterocycles. The van der Waals surface area contributed by atoms with Crippen molar-refractivity contribution in [3.05, 3.63) is 52.2 Å². The Morgan fingerprint density at radius 3 is 2.56 bits per heavy atom. The minimum Gasteiger partial charge on any atom is -0.235 e. The van der Waals surface area contributed by atoms with Crippen molar-refractivity contribution in [2.24, 2.45) is 0 Å². The maximum atomic E-state index is 13.9. The summed E-state index contributed by atoms with van der Waals surface area (Å²) in [4.78, 5) is 6.21.